The molecule has 2 aromatic carbocycles. The van der Waals surface area contributed by atoms with E-state index < -0.39 is 0 Å². The van der Waals surface area contributed by atoms with E-state index in [9.17, 15) is 0 Å². The average molecular weight is 306 g/mol. The summed E-state index contributed by atoms with van der Waals surface area (Å²) in [6.07, 6.45) is 1.79. The number of hydrogen-bond acceptors (Lipinski definition) is 3. The largest absolute Gasteiger partial charge is 0.493 e. The van der Waals surface area contributed by atoms with Crippen LogP contribution in [0.4, 0.5) is 0 Å². The quantitative estimate of drug-likeness (QED) is 0.846. The molecule has 2 aromatic rings. The summed E-state index contributed by atoms with van der Waals surface area (Å²) in [6.45, 7) is 1.11. The average Bonchev–Trinajstić information content (AvgIpc) is 2.51. The van der Waals surface area contributed by atoms with Crippen LogP contribution in [0, 0.1) is 0 Å². The summed E-state index contributed by atoms with van der Waals surface area (Å²) in [5.41, 5.74) is 7.73. The summed E-state index contributed by atoms with van der Waals surface area (Å²) in [5.74, 6) is 1.53. The van der Waals surface area contributed by atoms with Gasteiger partial charge in [-0.15, -0.1) is 0 Å². The van der Waals surface area contributed by atoms with Gasteiger partial charge in [0, 0.05) is 5.02 Å². The van der Waals surface area contributed by atoms with E-state index in [1.54, 1.807) is 7.11 Å². The smallest absolute Gasteiger partial charge is 0.164 e. The minimum Gasteiger partial charge on any atom is -0.493 e. The van der Waals surface area contributed by atoms with Crippen molar-refractivity contribution in [3.8, 4) is 11.5 Å². The molecule has 2 N–H and O–H groups in total. The summed E-state index contributed by atoms with van der Waals surface area (Å²) in [5, 5.41) is 0.708. The molecule has 112 valence electrons. The lowest BCUT2D eigenvalue weighted by atomic mass is 10.1. The van der Waals surface area contributed by atoms with Crippen molar-refractivity contribution in [2.75, 3.05) is 13.7 Å². The molecular formula is C17H20ClNO2. The predicted octanol–water partition coefficient (Wildman–Crippen LogP) is 3.82. The fraction of sp³-hybridized carbons (Fsp3) is 0.294. The third-order valence-corrected chi connectivity index (χ3v) is 3.44. The number of methoxy groups -OCH3 is 1. The third-order valence-electron chi connectivity index (χ3n) is 3.20. The van der Waals surface area contributed by atoms with Crippen LogP contribution in [0.1, 0.15) is 17.5 Å². The maximum Gasteiger partial charge on any atom is 0.164 e. The number of aryl methyl sites for hydroxylation is 1. The van der Waals surface area contributed by atoms with Gasteiger partial charge in [-0.1, -0.05) is 35.9 Å². The molecule has 0 atom stereocenters. The van der Waals surface area contributed by atoms with Crippen molar-refractivity contribution in [3.63, 3.8) is 0 Å². The fourth-order valence-electron chi connectivity index (χ4n) is 2.16. The zero-order chi connectivity index (χ0) is 15.1. The Morgan fingerprint density at radius 2 is 1.95 bits per heavy atom. The number of halogens is 1. The van der Waals surface area contributed by atoms with E-state index in [0.29, 0.717) is 18.2 Å². The van der Waals surface area contributed by atoms with Crippen LogP contribution >= 0.6 is 11.6 Å². The molecule has 4 heteroatoms. The van der Waals surface area contributed by atoms with E-state index >= 15 is 0 Å². The Bertz CT molecular complexity index is 587. The Morgan fingerprint density at radius 3 is 2.67 bits per heavy atom. The number of rotatable bonds is 7. The molecule has 0 heterocycles. The standard InChI is InChI=1S/C17H20ClNO2/c1-20-16-9-3-6-14(7-4-10-19)17(16)21-12-13-5-2-8-15(18)11-13/h2-3,5-6,8-9,11H,4,7,10,12,19H2,1H3. The Labute approximate surface area is 130 Å². The van der Waals surface area contributed by atoms with Crippen molar-refractivity contribution in [3.05, 3.63) is 58.6 Å². The number of nitrogens with two attached hydrogens (primary N) is 1. The number of para-hydroxylation sites is 1. The summed E-state index contributed by atoms with van der Waals surface area (Å²) in [6, 6.07) is 13.6. The summed E-state index contributed by atoms with van der Waals surface area (Å²) >= 11 is 5.99. The van der Waals surface area contributed by atoms with E-state index in [2.05, 4.69) is 0 Å². The van der Waals surface area contributed by atoms with Gasteiger partial charge in [0.2, 0.25) is 0 Å². The lowest BCUT2D eigenvalue weighted by Gasteiger charge is -2.15. The first-order valence-corrected chi connectivity index (χ1v) is 7.35. The number of hydrogen-bond donors (Lipinski definition) is 1. The van der Waals surface area contributed by atoms with Crippen LogP contribution in [0.15, 0.2) is 42.5 Å². The molecular weight excluding hydrogens is 286 g/mol. The zero-order valence-electron chi connectivity index (χ0n) is 12.1. The first-order chi connectivity index (χ1) is 10.2. The summed E-state index contributed by atoms with van der Waals surface area (Å²) in [4.78, 5) is 0. The Kier molecular flexibility index (Phi) is 5.90. The van der Waals surface area contributed by atoms with Gasteiger partial charge in [0.05, 0.1) is 7.11 Å². The molecule has 0 bridgehead atoms. The minimum atomic E-state index is 0.455. The van der Waals surface area contributed by atoms with Gasteiger partial charge in [0.15, 0.2) is 11.5 Å². The van der Waals surface area contributed by atoms with E-state index in [-0.39, 0.29) is 0 Å². The molecule has 0 aliphatic carbocycles. The monoisotopic (exact) mass is 305 g/mol. The lowest BCUT2D eigenvalue weighted by molar-refractivity contribution is 0.281. The van der Waals surface area contributed by atoms with Crippen molar-refractivity contribution in [1.82, 2.24) is 0 Å². The Balaban J connectivity index is 2.16. The molecule has 0 amide bonds. The van der Waals surface area contributed by atoms with Crippen molar-refractivity contribution >= 4 is 11.6 Å². The molecule has 0 unspecified atom stereocenters. The van der Waals surface area contributed by atoms with Gasteiger partial charge in [-0.2, -0.15) is 0 Å². The third kappa shape index (κ3) is 4.38. The van der Waals surface area contributed by atoms with Crippen molar-refractivity contribution in [2.45, 2.75) is 19.4 Å². The molecule has 21 heavy (non-hydrogen) atoms. The van der Waals surface area contributed by atoms with Gasteiger partial charge in [0.25, 0.3) is 0 Å². The van der Waals surface area contributed by atoms with Crippen LogP contribution in [0.3, 0.4) is 0 Å². The summed E-state index contributed by atoms with van der Waals surface area (Å²) < 4.78 is 11.4. The van der Waals surface area contributed by atoms with Gasteiger partial charge < -0.3 is 15.2 Å². The van der Waals surface area contributed by atoms with Gasteiger partial charge in [-0.3, -0.25) is 0 Å². The molecule has 2 rings (SSSR count). The van der Waals surface area contributed by atoms with Crippen LogP contribution < -0.4 is 15.2 Å². The van der Waals surface area contributed by atoms with Crippen LogP contribution in [0.2, 0.25) is 5.02 Å². The van der Waals surface area contributed by atoms with E-state index in [0.717, 1.165) is 35.5 Å². The Morgan fingerprint density at radius 1 is 1.14 bits per heavy atom. The molecule has 0 spiro atoms. The van der Waals surface area contributed by atoms with Crippen LogP contribution in [-0.4, -0.2) is 13.7 Å². The minimum absolute atomic E-state index is 0.455. The molecule has 3 nitrogen and oxygen atoms in total. The maximum atomic E-state index is 5.99. The van der Waals surface area contributed by atoms with Crippen LogP contribution in [0.25, 0.3) is 0 Å². The molecule has 0 saturated heterocycles. The van der Waals surface area contributed by atoms with Crippen molar-refractivity contribution in [2.24, 2.45) is 5.73 Å². The van der Waals surface area contributed by atoms with Crippen molar-refractivity contribution < 1.29 is 9.47 Å². The highest BCUT2D eigenvalue weighted by Gasteiger charge is 2.10. The van der Waals surface area contributed by atoms with Crippen LogP contribution in [-0.2, 0) is 13.0 Å². The van der Waals surface area contributed by atoms with Gasteiger partial charge in [-0.25, -0.2) is 0 Å². The van der Waals surface area contributed by atoms with E-state index in [1.807, 2.05) is 42.5 Å². The molecule has 0 aromatic heterocycles. The second kappa shape index (κ2) is 7.91. The molecule has 0 radical (unpaired) electrons. The normalized spacial score (nSPS) is 10.4. The van der Waals surface area contributed by atoms with Gasteiger partial charge >= 0.3 is 0 Å². The van der Waals surface area contributed by atoms with Gasteiger partial charge in [0.1, 0.15) is 6.61 Å². The molecule has 0 aliphatic heterocycles. The van der Waals surface area contributed by atoms with E-state index in [1.165, 1.54) is 0 Å². The Hall–Kier alpha value is -1.71. The first-order valence-electron chi connectivity index (χ1n) is 6.97. The number of benzene rings is 2. The van der Waals surface area contributed by atoms with Gasteiger partial charge in [-0.05, 0) is 48.7 Å². The SMILES string of the molecule is COc1cccc(CCCN)c1OCc1cccc(Cl)c1. The second-order valence-electron chi connectivity index (χ2n) is 4.76. The van der Waals surface area contributed by atoms with E-state index in [4.69, 9.17) is 26.8 Å². The fourth-order valence-corrected chi connectivity index (χ4v) is 2.37. The predicted molar refractivity (Wildman–Crippen MR) is 86.2 cm³/mol. The summed E-state index contributed by atoms with van der Waals surface area (Å²) in [7, 11) is 1.65. The first kappa shape index (κ1) is 15.7. The maximum absolute atomic E-state index is 5.99. The highest BCUT2D eigenvalue weighted by atomic mass is 35.5. The highest BCUT2D eigenvalue weighted by Crippen LogP contribution is 2.32. The lowest BCUT2D eigenvalue weighted by Crippen LogP contribution is -2.04. The van der Waals surface area contributed by atoms with Crippen LogP contribution in [0.5, 0.6) is 11.5 Å². The molecule has 0 aliphatic rings. The topological polar surface area (TPSA) is 44.5 Å². The highest BCUT2D eigenvalue weighted by molar-refractivity contribution is 6.30. The molecule has 0 saturated carbocycles. The van der Waals surface area contributed by atoms with Crippen molar-refractivity contribution in [1.29, 1.82) is 0 Å². The second-order valence-corrected chi connectivity index (χ2v) is 5.20. The number of ether oxygens (including phenoxy) is 2. The zero-order valence-corrected chi connectivity index (χ0v) is 12.9. The molecule has 0 fully saturated rings.